The first kappa shape index (κ1) is 59.3. The quantitative estimate of drug-likeness (QED) is 0.0197. The molecule has 4 N–H and O–H groups in total. The maximum absolute atomic E-state index is 12.9. The van der Waals surface area contributed by atoms with Gasteiger partial charge in [0.2, 0.25) is 0 Å². The van der Waals surface area contributed by atoms with Gasteiger partial charge in [-0.05, 0) is 44.9 Å². The molecule has 1 fully saturated rings. The topological polar surface area (TPSA) is 178 Å². The van der Waals surface area contributed by atoms with E-state index in [9.17, 15) is 33.1 Å². The van der Waals surface area contributed by atoms with Crippen molar-refractivity contribution < 1.29 is 56.2 Å². The van der Waals surface area contributed by atoms with Crippen molar-refractivity contribution in [2.75, 3.05) is 26.4 Å². The lowest BCUT2D eigenvalue weighted by Gasteiger charge is -2.41. The number of unbranched alkanes of at least 4 members (excludes halogenated alkanes) is 25. The fourth-order valence-corrected chi connectivity index (χ4v) is 8.26. The fourth-order valence-electron chi connectivity index (χ4n) is 7.75. The summed E-state index contributed by atoms with van der Waals surface area (Å²) in [6.45, 7) is 3.89. The first-order valence-electron chi connectivity index (χ1n) is 25.2. The van der Waals surface area contributed by atoms with Gasteiger partial charge in [0.1, 0.15) is 30.5 Å². The van der Waals surface area contributed by atoms with E-state index in [1.54, 1.807) is 0 Å². The smallest absolute Gasteiger partial charge is 0.397 e. The first-order chi connectivity index (χ1) is 30.6. The van der Waals surface area contributed by atoms with E-state index in [1.807, 2.05) is 0 Å². The van der Waals surface area contributed by atoms with Gasteiger partial charge in [0.15, 0.2) is 6.29 Å². The largest absolute Gasteiger partial charge is 0.457 e. The highest BCUT2D eigenvalue weighted by Gasteiger charge is 2.48. The van der Waals surface area contributed by atoms with Gasteiger partial charge in [-0.3, -0.25) is 9.35 Å². The van der Waals surface area contributed by atoms with E-state index in [2.05, 4.69) is 54.5 Å². The lowest BCUT2D eigenvalue weighted by Crippen LogP contribution is -2.60. The van der Waals surface area contributed by atoms with Crippen molar-refractivity contribution >= 4 is 16.4 Å². The molecule has 6 atom stereocenters. The maximum atomic E-state index is 12.9. The van der Waals surface area contributed by atoms with Crippen LogP contribution in [0.5, 0.6) is 0 Å². The zero-order chi connectivity index (χ0) is 46.1. The number of carbonyl (C=O) groups excluding carboxylic acids is 1. The predicted octanol–water partition coefficient (Wildman–Crippen LogP) is 11.4. The average Bonchev–Trinajstić information content (AvgIpc) is 3.26. The second-order valence-electron chi connectivity index (χ2n) is 17.4. The van der Waals surface area contributed by atoms with Crippen molar-refractivity contribution in [2.24, 2.45) is 0 Å². The zero-order valence-corrected chi connectivity index (χ0v) is 40.5. The minimum absolute atomic E-state index is 0.0335. The highest BCUT2D eigenvalue weighted by Crippen LogP contribution is 2.26. The van der Waals surface area contributed by atoms with E-state index in [-0.39, 0.29) is 19.6 Å². The Kier molecular flexibility index (Phi) is 39.3. The van der Waals surface area contributed by atoms with Crippen molar-refractivity contribution in [3.05, 3.63) is 36.5 Å². The summed E-state index contributed by atoms with van der Waals surface area (Å²) in [4.78, 5) is 12.9. The lowest BCUT2D eigenvalue weighted by molar-refractivity contribution is -0.301. The van der Waals surface area contributed by atoms with E-state index in [1.165, 1.54) is 122 Å². The molecule has 0 aromatic heterocycles. The molecule has 6 unspecified atom stereocenters. The highest BCUT2D eigenvalue weighted by molar-refractivity contribution is 7.80. The van der Waals surface area contributed by atoms with Crippen LogP contribution < -0.4 is 0 Å². The van der Waals surface area contributed by atoms with Gasteiger partial charge in [0.05, 0.1) is 19.8 Å². The van der Waals surface area contributed by atoms with E-state index in [0.29, 0.717) is 13.0 Å². The normalized spacial score (nSPS) is 20.1. The van der Waals surface area contributed by atoms with E-state index in [4.69, 9.17) is 18.9 Å². The first-order valence-corrected chi connectivity index (χ1v) is 26.6. The predicted molar refractivity (Wildman–Crippen MR) is 253 cm³/mol. The number of hydrogen-bond acceptors (Lipinski definition) is 11. The van der Waals surface area contributed by atoms with Crippen LogP contribution in [0.1, 0.15) is 213 Å². The van der Waals surface area contributed by atoms with E-state index < -0.39 is 59.8 Å². The van der Waals surface area contributed by atoms with Crippen LogP contribution in [0.2, 0.25) is 0 Å². The standard InChI is InChI=1S/C50H92O12S/c1-3-5-7-9-11-13-15-17-19-21-23-25-27-29-31-33-35-37-39-46(52)60-44(43-59-50-48(54)49(62-63(55,56)57)47(53)45(41-51)61-50)42-58-40-38-36-34-32-30-28-26-24-22-20-18-16-14-12-10-8-6-4-2/h6,8,12,14,18,20,44-45,47-51,53-54H,3-5,7,9-11,13,15-17,19,21-43H2,1-2H3,(H,55,56,57)/b8-6-,14-12-,20-18-. The third-order valence-electron chi connectivity index (χ3n) is 11.5. The molecule has 370 valence electrons. The number of aliphatic hydroxyl groups excluding tert-OH is 3. The summed E-state index contributed by atoms with van der Waals surface area (Å²) < 4.78 is 59.2. The molecule has 0 bridgehead atoms. The molecule has 0 amide bonds. The molecule has 0 aromatic rings. The summed E-state index contributed by atoms with van der Waals surface area (Å²) in [6, 6.07) is 0. The number of hydrogen-bond donors (Lipinski definition) is 4. The highest BCUT2D eigenvalue weighted by atomic mass is 32.3. The number of ether oxygens (including phenoxy) is 4. The van der Waals surface area contributed by atoms with Gasteiger partial charge in [-0.15, -0.1) is 0 Å². The summed E-state index contributed by atoms with van der Waals surface area (Å²) in [6.07, 6.45) is 40.3. The van der Waals surface area contributed by atoms with Crippen molar-refractivity contribution in [3.8, 4) is 0 Å². The summed E-state index contributed by atoms with van der Waals surface area (Å²) in [5.41, 5.74) is 0. The SMILES string of the molecule is CC/C=C\C/C=C\C/C=C\CCCCCCCCCCOCC(COC1OC(CO)C(O)C(OS(=O)(=O)O)C1O)OC(=O)CCCCCCCCCCCCCCCCCCCC. The number of esters is 1. The fraction of sp³-hybridized carbons (Fsp3) is 0.860. The van der Waals surface area contributed by atoms with Gasteiger partial charge in [-0.25, -0.2) is 4.18 Å². The Morgan fingerprint density at radius 1 is 0.619 bits per heavy atom. The summed E-state index contributed by atoms with van der Waals surface area (Å²) >= 11 is 0. The molecule has 0 aliphatic carbocycles. The van der Waals surface area contributed by atoms with Crippen LogP contribution >= 0.6 is 0 Å². The van der Waals surface area contributed by atoms with E-state index >= 15 is 0 Å². The zero-order valence-electron chi connectivity index (χ0n) is 39.6. The molecule has 0 spiro atoms. The van der Waals surface area contributed by atoms with Gasteiger partial charge in [0.25, 0.3) is 0 Å². The lowest BCUT2D eigenvalue weighted by atomic mass is 9.99. The van der Waals surface area contributed by atoms with Gasteiger partial charge >= 0.3 is 16.4 Å². The summed E-state index contributed by atoms with van der Waals surface area (Å²) in [5, 5.41) is 30.7. The molecule has 1 rings (SSSR count). The molecule has 63 heavy (non-hydrogen) atoms. The molecule has 0 saturated carbocycles. The number of rotatable bonds is 44. The second kappa shape index (κ2) is 41.7. The summed E-state index contributed by atoms with van der Waals surface area (Å²) in [7, 11) is -5.06. The van der Waals surface area contributed by atoms with Crippen LogP contribution in [0.3, 0.4) is 0 Å². The molecule has 1 aliphatic rings. The third-order valence-corrected chi connectivity index (χ3v) is 12.0. The molecule has 1 heterocycles. The number of aliphatic hydroxyl groups is 3. The van der Waals surface area contributed by atoms with Crippen molar-refractivity contribution in [3.63, 3.8) is 0 Å². The molecule has 0 radical (unpaired) electrons. The molecule has 12 nitrogen and oxygen atoms in total. The van der Waals surface area contributed by atoms with Gasteiger partial charge in [-0.1, -0.05) is 198 Å². The third kappa shape index (κ3) is 35.2. The van der Waals surface area contributed by atoms with Crippen LogP contribution in [0.15, 0.2) is 36.5 Å². The number of allylic oxidation sites excluding steroid dienone is 6. The molecule has 1 saturated heterocycles. The van der Waals surface area contributed by atoms with Crippen LogP contribution in [0, 0.1) is 0 Å². The second-order valence-corrected chi connectivity index (χ2v) is 18.4. The Bertz CT molecular complexity index is 1240. The van der Waals surface area contributed by atoms with Crippen LogP contribution in [-0.2, 0) is 38.3 Å². The Hall–Kier alpha value is -1.68. The van der Waals surface area contributed by atoms with Crippen LogP contribution in [0.25, 0.3) is 0 Å². The van der Waals surface area contributed by atoms with Crippen molar-refractivity contribution in [1.29, 1.82) is 0 Å². The van der Waals surface area contributed by atoms with Crippen LogP contribution in [0.4, 0.5) is 0 Å². The minimum Gasteiger partial charge on any atom is -0.457 e. The Morgan fingerprint density at radius 2 is 1.10 bits per heavy atom. The monoisotopic (exact) mass is 917 g/mol. The number of carbonyl (C=O) groups is 1. The van der Waals surface area contributed by atoms with E-state index in [0.717, 1.165) is 64.2 Å². The molecule has 1 aliphatic heterocycles. The molecular weight excluding hydrogens is 825 g/mol. The van der Waals surface area contributed by atoms with Gasteiger partial charge in [-0.2, -0.15) is 8.42 Å². The minimum atomic E-state index is -5.06. The average molecular weight is 917 g/mol. The van der Waals surface area contributed by atoms with Crippen molar-refractivity contribution in [2.45, 2.75) is 250 Å². The van der Waals surface area contributed by atoms with Gasteiger partial charge in [0, 0.05) is 13.0 Å². The molecule has 13 heteroatoms. The molecule has 0 aromatic carbocycles. The Morgan fingerprint density at radius 3 is 1.60 bits per heavy atom. The molecular formula is C50H92O12S. The maximum Gasteiger partial charge on any atom is 0.397 e. The Labute approximate surface area is 383 Å². The Balaban J connectivity index is 2.37. The van der Waals surface area contributed by atoms with Gasteiger partial charge < -0.3 is 34.3 Å². The van der Waals surface area contributed by atoms with Crippen molar-refractivity contribution in [1.82, 2.24) is 0 Å². The summed E-state index contributed by atoms with van der Waals surface area (Å²) in [5.74, 6) is -0.399. The van der Waals surface area contributed by atoms with Crippen LogP contribution in [-0.4, -0.2) is 97.5 Å².